The van der Waals surface area contributed by atoms with E-state index in [1.807, 2.05) is 6.07 Å². The summed E-state index contributed by atoms with van der Waals surface area (Å²) in [6.45, 7) is -0.291. The molecule has 18 heteroatoms. The maximum absolute atomic E-state index is 15.1. The molecule has 51 heavy (non-hydrogen) atoms. The summed E-state index contributed by atoms with van der Waals surface area (Å²) < 4.78 is 43.6. The van der Waals surface area contributed by atoms with E-state index < -0.39 is 29.4 Å². The molecular weight excluding hydrogens is 668 g/mol. The van der Waals surface area contributed by atoms with Crippen LogP contribution < -0.4 is 15.4 Å². The summed E-state index contributed by atoms with van der Waals surface area (Å²) >= 11 is 0. The van der Waals surface area contributed by atoms with E-state index in [9.17, 15) is 24.0 Å². The second-order valence-electron chi connectivity index (χ2n) is 10.4. The smallest absolute Gasteiger partial charge is 0.340 e. The first kappa shape index (κ1) is 33.5. The third-order valence-electron chi connectivity index (χ3n) is 7.21. The van der Waals surface area contributed by atoms with Gasteiger partial charge in [0.15, 0.2) is 34.6 Å². The first-order valence-electron chi connectivity index (χ1n) is 14.8. The summed E-state index contributed by atoms with van der Waals surface area (Å²) in [5, 5.41) is 30.4. The van der Waals surface area contributed by atoms with Gasteiger partial charge in [-0.2, -0.15) is 5.26 Å². The Morgan fingerprint density at radius 2 is 1.41 bits per heavy atom. The Kier molecular flexibility index (Phi) is 9.70. The van der Waals surface area contributed by atoms with Gasteiger partial charge in [0, 0.05) is 37.3 Å². The summed E-state index contributed by atoms with van der Waals surface area (Å²) in [4.78, 5) is 46.2. The Hall–Kier alpha value is -7.42. The molecule has 254 valence electrons. The van der Waals surface area contributed by atoms with Crippen LogP contribution in [0.25, 0.3) is 11.6 Å². The van der Waals surface area contributed by atoms with E-state index in [-0.39, 0.29) is 58.2 Å². The van der Waals surface area contributed by atoms with Crippen molar-refractivity contribution in [3.63, 3.8) is 0 Å². The number of hydrogen-bond acceptors (Lipinski definition) is 12. The number of nitriles is 1. The zero-order valence-corrected chi connectivity index (χ0v) is 26.3. The molecule has 0 aliphatic rings. The van der Waals surface area contributed by atoms with Gasteiger partial charge >= 0.3 is 5.97 Å². The molecule has 16 nitrogen and oxygen atoms in total. The number of halogens is 2. The van der Waals surface area contributed by atoms with Crippen LogP contribution in [-0.2, 0) is 11.2 Å². The fourth-order valence-corrected chi connectivity index (χ4v) is 4.65. The number of ether oxygens (including phenoxy) is 2. The van der Waals surface area contributed by atoms with E-state index in [4.69, 9.17) is 9.47 Å². The molecule has 2 N–H and O–H groups in total. The first-order valence-corrected chi connectivity index (χ1v) is 14.8. The monoisotopic (exact) mass is 691 g/mol. The van der Waals surface area contributed by atoms with E-state index in [0.717, 1.165) is 25.3 Å². The van der Waals surface area contributed by atoms with Gasteiger partial charge in [0.1, 0.15) is 24.5 Å². The van der Waals surface area contributed by atoms with Crippen molar-refractivity contribution in [2.45, 2.75) is 6.42 Å². The minimum atomic E-state index is -0.966. The average molecular weight is 692 g/mol. The number of rotatable bonds is 11. The zero-order valence-electron chi connectivity index (χ0n) is 26.3. The molecule has 0 spiro atoms. The lowest BCUT2D eigenvalue weighted by molar-refractivity contribution is 0.0601. The van der Waals surface area contributed by atoms with Gasteiger partial charge in [0.05, 0.1) is 36.2 Å². The SMILES string of the molecule is COC(=O)c1cc(F)c(OCCc2cc(NC(=O)c3ccc(-n4ccnc4)nn3)c(C#N)cc2F)cc1NC(=O)c1ccc(-n2ccnc2)nn1. The summed E-state index contributed by atoms with van der Waals surface area (Å²) in [6.07, 6.45) is 9.26. The highest BCUT2D eigenvalue weighted by atomic mass is 19.1. The third kappa shape index (κ3) is 7.52. The van der Waals surface area contributed by atoms with Crippen LogP contribution in [-0.4, -0.2) is 71.0 Å². The van der Waals surface area contributed by atoms with Gasteiger partial charge in [0.2, 0.25) is 0 Å². The number of imidazole rings is 2. The topological polar surface area (TPSA) is 205 Å². The van der Waals surface area contributed by atoms with Crippen LogP contribution in [0.4, 0.5) is 20.2 Å². The molecule has 0 radical (unpaired) electrons. The van der Waals surface area contributed by atoms with Crippen LogP contribution in [0.2, 0.25) is 0 Å². The highest BCUT2D eigenvalue weighted by Gasteiger charge is 2.21. The van der Waals surface area contributed by atoms with E-state index in [1.54, 1.807) is 40.0 Å². The number of anilines is 2. The Morgan fingerprint density at radius 3 is 1.92 bits per heavy atom. The Balaban J connectivity index is 1.15. The molecule has 0 aliphatic heterocycles. The van der Waals surface area contributed by atoms with Crippen molar-refractivity contribution in [2.24, 2.45) is 0 Å². The highest BCUT2D eigenvalue weighted by Crippen LogP contribution is 2.28. The second kappa shape index (κ2) is 14.8. The maximum atomic E-state index is 15.1. The number of nitrogens with one attached hydrogen (secondary N) is 2. The van der Waals surface area contributed by atoms with Crippen molar-refractivity contribution in [3.8, 4) is 23.5 Å². The predicted molar refractivity (Wildman–Crippen MR) is 172 cm³/mol. The number of methoxy groups -OCH3 is 1. The van der Waals surface area contributed by atoms with Gasteiger partial charge < -0.3 is 20.1 Å². The van der Waals surface area contributed by atoms with Gasteiger partial charge in [0.25, 0.3) is 11.8 Å². The lowest BCUT2D eigenvalue weighted by Gasteiger charge is -2.14. The molecule has 0 atom stereocenters. The van der Waals surface area contributed by atoms with Gasteiger partial charge in [-0.05, 0) is 48.0 Å². The number of carbonyl (C=O) groups excluding carboxylic acids is 3. The number of carbonyl (C=O) groups is 3. The van der Waals surface area contributed by atoms with Crippen molar-refractivity contribution in [1.29, 1.82) is 5.26 Å². The highest BCUT2D eigenvalue weighted by molar-refractivity contribution is 6.07. The molecule has 0 unspecified atom stereocenters. The number of hydrogen-bond donors (Lipinski definition) is 2. The fraction of sp³-hybridized carbons (Fsp3) is 0.0909. The van der Waals surface area contributed by atoms with Crippen LogP contribution in [0.5, 0.6) is 5.75 Å². The van der Waals surface area contributed by atoms with Crippen molar-refractivity contribution in [1.82, 2.24) is 39.5 Å². The molecule has 0 bridgehead atoms. The third-order valence-corrected chi connectivity index (χ3v) is 7.21. The molecule has 4 heterocycles. The van der Waals surface area contributed by atoms with Gasteiger partial charge in [-0.25, -0.2) is 23.5 Å². The van der Waals surface area contributed by atoms with Gasteiger partial charge in [-0.15, -0.1) is 20.4 Å². The van der Waals surface area contributed by atoms with E-state index in [1.165, 1.54) is 36.9 Å². The lowest BCUT2D eigenvalue weighted by atomic mass is 10.1. The van der Waals surface area contributed by atoms with Crippen molar-refractivity contribution in [2.75, 3.05) is 24.4 Å². The second-order valence-corrected chi connectivity index (χ2v) is 10.4. The average Bonchev–Trinajstić information content (AvgIpc) is 3.90. The van der Waals surface area contributed by atoms with Crippen LogP contribution in [0, 0.1) is 23.0 Å². The molecule has 4 aromatic heterocycles. The zero-order chi connectivity index (χ0) is 35.9. The summed E-state index contributed by atoms with van der Waals surface area (Å²) in [7, 11) is 1.09. The van der Waals surface area contributed by atoms with Gasteiger partial charge in [-0.1, -0.05) is 0 Å². The normalized spacial score (nSPS) is 10.6. The van der Waals surface area contributed by atoms with Crippen molar-refractivity contribution >= 4 is 29.2 Å². The number of amides is 2. The van der Waals surface area contributed by atoms with E-state index >= 15 is 4.39 Å². The first-order chi connectivity index (χ1) is 24.7. The molecular formula is C33H23F2N11O5. The van der Waals surface area contributed by atoms with E-state index in [2.05, 4.69) is 41.0 Å². The lowest BCUT2D eigenvalue weighted by Crippen LogP contribution is -2.18. The van der Waals surface area contributed by atoms with E-state index in [0.29, 0.717) is 11.6 Å². The summed E-state index contributed by atoms with van der Waals surface area (Å²) in [5.74, 6) is -3.70. The molecule has 2 aromatic carbocycles. The predicted octanol–water partition coefficient (Wildman–Crippen LogP) is 3.70. The number of benzene rings is 2. The molecule has 6 aromatic rings. The van der Waals surface area contributed by atoms with Crippen LogP contribution >= 0.6 is 0 Å². The maximum Gasteiger partial charge on any atom is 0.340 e. The fourth-order valence-electron chi connectivity index (χ4n) is 4.65. The van der Waals surface area contributed by atoms with Crippen LogP contribution in [0.3, 0.4) is 0 Å². The standard InChI is InChI=1S/C33H23F2N11O5/c1-50-33(49)21-14-23(35)28(15-27(21)40-32(48)25-3-5-30(44-42-25)46-10-8-38-18-46)51-11-6-19-13-26(20(16-36)12-22(19)34)39-31(47)24-2-4-29(43-41-24)45-9-7-37-17-45/h2-5,7-10,12-15,17-18H,6,11H2,1H3,(H,39,47)(H,40,48). The molecule has 0 aliphatic carbocycles. The minimum absolute atomic E-state index is 0.000783. The van der Waals surface area contributed by atoms with Crippen LogP contribution in [0.1, 0.15) is 42.5 Å². The Bertz CT molecular complexity index is 2260. The van der Waals surface area contributed by atoms with Crippen LogP contribution in [0.15, 0.2) is 86.0 Å². The quantitative estimate of drug-likeness (QED) is 0.187. The Labute approximate surface area is 286 Å². The van der Waals surface area contributed by atoms with Crippen molar-refractivity contribution < 1.29 is 32.6 Å². The number of nitrogens with zero attached hydrogens (tertiary/aromatic N) is 9. The Morgan fingerprint density at radius 1 is 0.804 bits per heavy atom. The molecule has 6 rings (SSSR count). The minimum Gasteiger partial charge on any atom is -0.490 e. The number of esters is 1. The summed E-state index contributed by atoms with van der Waals surface area (Å²) in [5.41, 5.74) is -0.761. The molecule has 2 amide bonds. The number of aromatic nitrogens is 8. The largest absolute Gasteiger partial charge is 0.490 e. The van der Waals surface area contributed by atoms with Gasteiger partial charge in [-0.3, -0.25) is 18.7 Å². The molecule has 0 fully saturated rings. The molecule has 0 saturated heterocycles. The summed E-state index contributed by atoms with van der Waals surface area (Å²) in [6, 6.07) is 11.8. The van der Waals surface area contributed by atoms with Crippen molar-refractivity contribution in [3.05, 3.63) is 126 Å². The molecule has 0 saturated carbocycles.